The molecule has 0 bridgehead atoms. The molecular formula is C29H40N4O2S2. The van der Waals surface area contributed by atoms with E-state index in [4.69, 9.17) is 17.2 Å². The largest absolute Gasteiger partial charge is 0.356 e. The smallest absolute Gasteiger partial charge is 0.267 e. The number of hydrogen-bond donors (Lipinski definition) is 0. The highest BCUT2D eigenvalue weighted by atomic mass is 32.2. The van der Waals surface area contributed by atoms with Gasteiger partial charge in [-0.1, -0.05) is 94.8 Å². The van der Waals surface area contributed by atoms with Crippen LogP contribution in [-0.4, -0.2) is 44.1 Å². The maximum atomic E-state index is 13.6. The summed E-state index contributed by atoms with van der Waals surface area (Å²) >= 11 is 6.87. The number of hydrogen-bond acceptors (Lipinski definition) is 6. The summed E-state index contributed by atoms with van der Waals surface area (Å²) in [5.74, 6) is 0.587. The lowest BCUT2D eigenvalue weighted by molar-refractivity contribution is -0.122. The van der Waals surface area contributed by atoms with Crippen LogP contribution in [0.5, 0.6) is 0 Å². The Morgan fingerprint density at radius 2 is 1.65 bits per heavy atom. The number of nitrogens with zero attached hydrogens (tertiary/aromatic N) is 4. The number of rotatable bonds is 13. The van der Waals surface area contributed by atoms with Crippen molar-refractivity contribution >= 4 is 51.7 Å². The fourth-order valence-electron chi connectivity index (χ4n) is 5.18. The van der Waals surface area contributed by atoms with E-state index in [1.165, 1.54) is 63.1 Å². The van der Waals surface area contributed by atoms with Crippen LogP contribution in [0.15, 0.2) is 28.0 Å². The fourth-order valence-corrected chi connectivity index (χ4v) is 6.47. The van der Waals surface area contributed by atoms with Crippen molar-refractivity contribution < 1.29 is 4.79 Å². The molecule has 2 aromatic rings. The first-order chi connectivity index (χ1) is 18.0. The molecule has 6 nitrogen and oxygen atoms in total. The third kappa shape index (κ3) is 6.82. The Morgan fingerprint density at radius 1 is 1.00 bits per heavy atom. The molecule has 1 amide bonds. The van der Waals surface area contributed by atoms with Gasteiger partial charge in [-0.15, -0.1) is 0 Å². The van der Waals surface area contributed by atoms with Crippen molar-refractivity contribution in [3.63, 3.8) is 0 Å². The topological polar surface area (TPSA) is 57.9 Å². The van der Waals surface area contributed by atoms with Crippen LogP contribution >= 0.6 is 24.0 Å². The number of anilines is 1. The minimum Gasteiger partial charge on any atom is -0.356 e. The van der Waals surface area contributed by atoms with Gasteiger partial charge in [0.1, 0.15) is 15.8 Å². The fraction of sp³-hybridized carbons (Fsp3) is 0.586. The summed E-state index contributed by atoms with van der Waals surface area (Å²) in [5.41, 5.74) is 1.95. The van der Waals surface area contributed by atoms with E-state index in [2.05, 4.69) is 11.8 Å². The predicted octanol–water partition coefficient (Wildman–Crippen LogP) is 6.73. The number of aromatic nitrogens is 2. The molecule has 0 aromatic carbocycles. The zero-order valence-corrected chi connectivity index (χ0v) is 24.0. The highest BCUT2D eigenvalue weighted by Crippen LogP contribution is 2.34. The molecule has 2 aliphatic rings. The maximum absolute atomic E-state index is 13.6. The SMILES string of the molecule is CCCCCCCCCCCCN1C(=O)C(=Cc2c(N3CCCC3)nc3c(C)cccn3c2=O)SC1=S. The van der Waals surface area contributed by atoms with Gasteiger partial charge in [-0.25, -0.2) is 4.98 Å². The first-order valence-electron chi connectivity index (χ1n) is 14.0. The van der Waals surface area contributed by atoms with Crippen molar-refractivity contribution in [1.29, 1.82) is 0 Å². The quantitative estimate of drug-likeness (QED) is 0.160. The molecule has 8 heteroatoms. The van der Waals surface area contributed by atoms with Crippen LogP contribution in [0, 0.1) is 6.92 Å². The third-order valence-corrected chi connectivity index (χ3v) is 8.73. The van der Waals surface area contributed by atoms with Gasteiger partial charge in [-0.05, 0) is 43.9 Å². The highest BCUT2D eigenvalue weighted by molar-refractivity contribution is 8.26. The molecule has 2 saturated heterocycles. The zero-order valence-electron chi connectivity index (χ0n) is 22.3. The third-order valence-electron chi connectivity index (χ3n) is 7.35. The van der Waals surface area contributed by atoms with Gasteiger partial charge in [0.25, 0.3) is 11.5 Å². The second kappa shape index (κ2) is 13.6. The minimum atomic E-state index is -0.143. The first-order valence-corrected chi connectivity index (χ1v) is 15.3. The number of thiocarbonyl (C=S) groups is 1. The Balaban J connectivity index is 1.42. The summed E-state index contributed by atoms with van der Waals surface area (Å²) in [5, 5.41) is 0. The number of fused-ring (bicyclic) bond motifs is 1. The summed E-state index contributed by atoms with van der Waals surface area (Å²) in [4.78, 5) is 36.2. The number of amides is 1. The second-order valence-corrected chi connectivity index (χ2v) is 11.9. The molecule has 4 heterocycles. The summed E-state index contributed by atoms with van der Waals surface area (Å²) in [7, 11) is 0. The van der Waals surface area contributed by atoms with Crippen molar-refractivity contribution in [1.82, 2.24) is 14.3 Å². The van der Waals surface area contributed by atoms with Crippen molar-refractivity contribution in [3.05, 3.63) is 44.7 Å². The average molecular weight is 541 g/mol. The van der Waals surface area contributed by atoms with Crippen LogP contribution in [0.3, 0.4) is 0 Å². The lowest BCUT2D eigenvalue weighted by atomic mass is 10.1. The number of aryl methyl sites for hydroxylation is 1. The van der Waals surface area contributed by atoms with Gasteiger partial charge < -0.3 is 4.90 Å². The first kappa shape index (κ1) is 27.8. The molecule has 2 aromatic heterocycles. The lowest BCUT2D eigenvalue weighted by Crippen LogP contribution is -2.29. The molecule has 0 radical (unpaired) electrons. The maximum Gasteiger partial charge on any atom is 0.267 e. The van der Waals surface area contributed by atoms with E-state index in [0.717, 1.165) is 44.3 Å². The van der Waals surface area contributed by atoms with Gasteiger partial charge in [-0.3, -0.25) is 18.9 Å². The average Bonchev–Trinajstić information content (AvgIpc) is 3.51. The molecule has 37 heavy (non-hydrogen) atoms. The minimum absolute atomic E-state index is 0.0907. The predicted molar refractivity (Wildman–Crippen MR) is 159 cm³/mol. The summed E-state index contributed by atoms with van der Waals surface area (Å²) < 4.78 is 2.17. The number of carbonyl (C=O) groups is 1. The van der Waals surface area contributed by atoms with Gasteiger partial charge >= 0.3 is 0 Å². The molecule has 0 N–H and O–H groups in total. The molecule has 0 unspecified atom stereocenters. The van der Waals surface area contributed by atoms with E-state index in [0.29, 0.717) is 32.8 Å². The van der Waals surface area contributed by atoms with Gasteiger partial charge in [0.05, 0.1) is 10.5 Å². The van der Waals surface area contributed by atoms with Gasteiger partial charge in [0.2, 0.25) is 0 Å². The van der Waals surface area contributed by atoms with E-state index >= 15 is 0 Å². The van der Waals surface area contributed by atoms with E-state index < -0.39 is 0 Å². The zero-order chi connectivity index (χ0) is 26.2. The van der Waals surface area contributed by atoms with Crippen LogP contribution in [0.1, 0.15) is 95.1 Å². The van der Waals surface area contributed by atoms with E-state index in [1.54, 1.807) is 21.6 Å². The van der Waals surface area contributed by atoms with Crippen molar-refractivity contribution in [3.8, 4) is 0 Å². The molecule has 0 spiro atoms. The van der Waals surface area contributed by atoms with E-state index in [-0.39, 0.29) is 11.5 Å². The molecule has 2 fully saturated rings. The standard InChI is InChI=1S/C29H40N4O2S2/c1-3-4-5-6-7-8-9-10-11-12-19-33-28(35)24(37-29(33)36)21-23-26(31-17-13-14-18-31)30-25-22(2)16-15-20-32(25)27(23)34/h15-16,20-21H,3-14,17-19H2,1-2H3. The van der Waals surface area contributed by atoms with E-state index in [1.807, 2.05) is 19.1 Å². The second-order valence-electron chi connectivity index (χ2n) is 10.2. The number of thioether (sulfide) groups is 1. The van der Waals surface area contributed by atoms with Crippen LogP contribution in [0.25, 0.3) is 11.7 Å². The highest BCUT2D eigenvalue weighted by Gasteiger charge is 2.32. The Labute approximate surface area is 230 Å². The number of carbonyl (C=O) groups excluding carboxylic acids is 1. The number of unbranched alkanes of at least 4 members (excludes halogenated alkanes) is 9. The van der Waals surface area contributed by atoms with Crippen LogP contribution in [-0.2, 0) is 4.79 Å². The van der Waals surface area contributed by atoms with Crippen molar-refractivity contribution in [2.24, 2.45) is 0 Å². The monoisotopic (exact) mass is 540 g/mol. The molecule has 0 atom stereocenters. The van der Waals surface area contributed by atoms with Crippen molar-refractivity contribution in [2.45, 2.75) is 90.9 Å². The molecule has 0 saturated carbocycles. The van der Waals surface area contributed by atoms with Gasteiger partial charge in [0, 0.05) is 25.8 Å². The van der Waals surface area contributed by atoms with E-state index in [9.17, 15) is 9.59 Å². The Bertz CT molecular complexity index is 1200. The van der Waals surface area contributed by atoms with Crippen LogP contribution in [0.4, 0.5) is 5.82 Å². The lowest BCUT2D eigenvalue weighted by Gasteiger charge is -2.20. The normalized spacial score (nSPS) is 17.2. The van der Waals surface area contributed by atoms with Crippen LogP contribution < -0.4 is 10.5 Å². The van der Waals surface area contributed by atoms with Gasteiger partial charge in [-0.2, -0.15) is 0 Å². The van der Waals surface area contributed by atoms with Gasteiger partial charge in [0.15, 0.2) is 0 Å². The molecule has 2 aliphatic heterocycles. The summed E-state index contributed by atoms with van der Waals surface area (Å²) in [6.45, 7) is 6.60. The molecule has 0 aliphatic carbocycles. The Morgan fingerprint density at radius 3 is 2.32 bits per heavy atom. The van der Waals surface area contributed by atoms with Crippen molar-refractivity contribution in [2.75, 3.05) is 24.5 Å². The molecular weight excluding hydrogens is 500 g/mol. The Hall–Kier alpha value is -2.19. The summed E-state index contributed by atoms with van der Waals surface area (Å²) in [6, 6.07) is 3.82. The van der Waals surface area contributed by atoms with Crippen LogP contribution in [0.2, 0.25) is 0 Å². The number of pyridine rings is 1. The summed E-state index contributed by atoms with van der Waals surface area (Å²) in [6.07, 6.45) is 18.2. The Kier molecular flexibility index (Phi) is 10.2. The molecule has 4 rings (SSSR count). The molecule has 200 valence electrons.